The zero-order valence-electron chi connectivity index (χ0n) is 22.2. The maximum Gasteiger partial charge on any atom is 1.00 e. The average molecular weight is 651 g/mol. The van der Waals surface area contributed by atoms with Gasteiger partial charge in [0.2, 0.25) is 0 Å². The van der Waals surface area contributed by atoms with Crippen molar-refractivity contribution in [1.82, 2.24) is 0 Å². The van der Waals surface area contributed by atoms with Gasteiger partial charge in [0, 0.05) is 24.5 Å². The van der Waals surface area contributed by atoms with Crippen LogP contribution in [-0.2, 0) is 0 Å². The molecule has 0 fully saturated rings. The van der Waals surface area contributed by atoms with Gasteiger partial charge in [0.05, 0.1) is 0 Å². The maximum atomic E-state index is 12.9. The summed E-state index contributed by atoms with van der Waals surface area (Å²) < 4.78 is 0. The normalized spacial score (nSPS) is 9.62. The molecule has 0 radical (unpaired) electrons. The van der Waals surface area contributed by atoms with Crippen LogP contribution in [0.2, 0.25) is 0 Å². The molecule has 3 aromatic carbocycles. The Labute approximate surface area is 403 Å². The van der Waals surface area contributed by atoms with Crippen molar-refractivity contribution >= 4 is 35.3 Å². The van der Waals surface area contributed by atoms with E-state index in [9.17, 15) is 20.4 Å². The van der Waals surface area contributed by atoms with Gasteiger partial charge in [-0.2, -0.15) is 0 Å². The van der Waals surface area contributed by atoms with Gasteiger partial charge < -0.3 is 20.4 Å². The van der Waals surface area contributed by atoms with Crippen LogP contribution < -0.4 is 226 Å². The molecule has 0 heterocycles. The van der Waals surface area contributed by atoms with E-state index in [0.29, 0.717) is 29.4 Å². The molecule has 11 heteroatoms. The first kappa shape index (κ1) is 45.1. The number of hydrogen-bond acceptors (Lipinski definition) is 7. The van der Waals surface area contributed by atoms with Crippen LogP contribution >= 0.6 is 35.3 Å². The SMILES string of the molecule is C=C([O-])/C(=C\C)Sc1cccc(Sc2cccc(Sc3ccccc3[O-])c2[O-])c1[O-].C=CC.[K+].[K+].[K+].[K+]. The summed E-state index contributed by atoms with van der Waals surface area (Å²) in [5.74, 6) is -0.998. The zero-order chi connectivity index (χ0) is 24.4. The van der Waals surface area contributed by atoms with Crippen molar-refractivity contribution in [3.05, 3.63) is 96.6 Å². The fraction of sp³-hybridized carbons (Fsp3) is 0.0769. The molecular formula is C26H22K4O4S3. The smallest absolute Gasteiger partial charge is 0.872 e. The first-order chi connectivity index (χ1) is 15.8. The first-order valence-corrected chi connectivity index (χ1v) is 12.3. The Balaban J connectivity index is -0.00000157. The Morgan fingerprint density at radius 2 is 1.05 bits per heavy atom. The predicted octanol–water partition coefficient (Wildman–Crippen LogP) is -6.71. The van der Waals surface area contributed by atoms with Gasteiger partial charge in [-0.3, -0.25) is 0 Å². The summed E-state index contributed by atoms with van der Waals surface area (Å²) in [6, 6.07) is 16.5. The molecule has 3 aromatic rings. The molecule has 0 bridgehead atoms. The van der Waals surface area contributed by atoms with Crippen LogP contribution in [0.15, 0.2) is 121 Å². The van der Waals surface area contributed by atoms with Crippen LogP contribution in [-0.4, -0.2) is 0 Å². The van der Waals surface area contributed by atoms with Gasteiger partial charge in [-0.1, -0.05) is 95.0 Å². The van der Waals surface area contributed by atoms with Crippen LogP contribution in [0.1, 0.15) is 13.8 Å². The quantitative estimate of drug-likeness (QED) is 0.0826. The molecule has 0 atom stereocenters. The third kappa shape index (κ3) is 15.3. The molecule has 37 heavy (non-hydrogen) atoms. The van der Waals surface area contributed by atoms with E-state index in [4.69, 9.17) is 0 Å². The van der Waals surface area contributed by atoms with Crippen LogP contribution in [0.25, 0.3) is 0 Å². The van der Waals surface area contributed by atoms with E-state index in [1.54, 1.807) is 73.7 Å². The molecule has 0 aromatic heterocycles. The predicted molar refractivity (Wildman–Crippen MR) is 131 cm³/mol. The van der Waals surface area contributed by atoms with E-state index in [1.807, 2.05) is 6.92 Å². The van der Waals surface area contributed by atoms with Gasteiger partial charge in [0.25, 0.3) is 0 Å². The fourth-order valence-corrected chi connectivity index (χ4v) is 5.26. The Morgan fingerprint density at radius 3 is 1.49 bits per heavy atom. The summed E-state index contributed by atoms with van der Waals surface area (Å²) in [7, 11) is 0. The summed E-state index contributed by atoms with van der Waals surface area (Å²) in [5.41, 5.74) is 0. The van der Waals surface area contributed by atoms with Gasteiger partial charge in [0.1, 0.15) is 0 Å². The van der Waals surface area contributed by atoms with Crippen molar-refractivity contribution in [3.8, 4) is 17.2 Å². The Bertz CT molecular complexity index is 1170. The second-order valence-electron chi connectivity index (χ2n) is 6.40. The van der Waals surface area contributed by atoms with E-state index in [2.05, 4.69) is 13.2 Å². The molecule has 172 valence electrons. The molecule has 0 aliphatic heterocycles. The van der Waals surface area contributed by atoms with Gasteiger partial charge in [0.15, 0.2) is 0 Å². The largest absolute Gasteiger partial charge is 1.00 e. The van der Waals surface area contributed by atoms with Crippen LogP contribution in [0, 0.1) is 0 Å². The van der Waals surface area contributed by atoms with Crippen molar-refractivity contribution in [1.29, 1.82) is 0 Å². The molecular weight excluding hydrogens is 629 g/mol. The molecule has 0 unspecified atom stereocenters. The van der Waals surface area contributed by atoms with Crippen LogP contribution in [0.3, 0.4) is 0 Å². The number of rotatable bonds is 7. The summed E-state index contributed by atoms with van der Waals surface area (Å²) in [6.07, 6.45) is 3.36. The zero-order valence-corrected chi connectivity index (χ0v) is 37.1. The summed E-state index contributed by atoms with van der Waals surface area (Å²) in [5, 5.41) is 49.2. The number of allylic oxidation sites excluding steroid dienone is 2. The first-order valence-electron chi connectivity index (χ1n) is 9.81. The van der Waals surface area contributed by atoms with Gasteiger partial charge in [-0.15, -0.1) is 18.9 Å². The molecule has 0 N–H and O–H groups in total. The van der Waals surface area contributed by atoms with Gasteiger partial charge in [-0.25, -0.2) is 0 Å². The van der Waals surface area contributed by atoms with Gasteiger partial charge in [-0.05, 0) is 49.1 Å². The van der Waals surface area contributed by atoms with Crippen molar-refractivity contribution < 1.29 is 226 Å². The van der Waals surface area contributed by atoms with Crippen molar-refractivity contribution in [2.45, 2.75) is 38.3 Å². The van der Waals surface area contributed by atoms with Crippen LogP contribution in [0.5, 0.6) is 17.2 Å². The molecule has 0 aliphatic carbocycles. The van der Waals surface area contributed by atoms with Crippen LogP contribution in [0.4, 0.5) is 0 Å². The second kappa shape index (κ2) is 25.0. The number of benzene rings is 3. The molecule has 3 rings (SSSR count). The molecule has 0 amide bonds. The minimum Gasteiger partial charge on any atom is -0.872 e. The average Bonchev–Trinajstić information content (AvgIpc) is 2.78. The van der Waals surface area contributed by atoms with Crippen molar-refractivity contribution in [2.75, 3.05) is 0 Å². The maximum absolute atomic E-state index is 12.9. The third-order valence-electron chi connectivity index (χ3n) is 3.93. The van der Waals surface area contributed by atoms with Gasteiger partial charge >= 0.3 is 206 Å². The standard InChI is InChI=1S/C23H20O4S3.C3H6.4K/c1-3-16(14(2)24)28-18-10-6-12-20(22(18)26)30-21-13-7-11-19(23(21)27)29-17-9-5-4-8-15(17)25;1-3-2;;;;/h3-13,24-27H,2H2,1H3;3H,1H2,2H3;;;;/q;;4*+1/p-4/b16-3+;;;;;. The van der Waals surface area contributed by atoms with E-state index in [0.717, 1.165) is 35.3 Å². The summed E-state index contributed by atoms with van der Waals surface area (Å²) >= 11 is 3.26. The number of hydrogen-bond donors (Lipinski definition) is 0. The van der Waals surface area contributed by atoms with Crippen molar-refractivity contribution in [2.24, 2.45) is 0 Å². The number of para-hydroxylation sites is 3. The molecule has 4 nitrogen and oxygen atoms in total. The van der Waals surface area contributed by atoms with E-state index in [1.165, 1.54) is 6.07 Å². The summed E-state index contributed by atoms with van der Waals surface area (Å²) in [4.78, 5) is 2.44. The molecule has 0 aliphatic rings. The molecule has 0 saturated carbocycles. The van der Waals surface area contributed by atoms with E-state index >= 15 is 0 Å². The Morgan fingerprint density at radius 1 is 0.676 bits per heavy atom. The minimum atomic E-state index is -0.356. The molecule has 0 saturated heterocycles. The Hall–Kier alpha value is 3.68. The molecule has 0 spiro atoms. The second-order valence-corrected chi connectivity index (χ2v) is 9.66. The minimum absolute atomic E-state index is 0. The fourth-order valence-electron chi connectivity index (χ4n) is 2.48. The third-order valence-corrected chi connectivity index (χ3v) is 7.34. The Kier molecular flexibility index (Phi) is 30.5. The van der Waals surface area contributed by atoms with Crippen molar-refractivity contribution in [3.63, 3.8) is 0 Å². The van der Waals surface area contributed by atoms with E-state index in [-0.39, 0.29) is 229 Å². The van der Waals surface area contributed by atoms with E-state index < -0.39 is 0 Å². The monoisotopic (exact) mass is 650 g/mol. The summed E-state index contributed by atoms with van der Waals surface area (Å²) in [6.45, 7) is 10.3. The number of thioether (sulfide) groups is 1. The topological polar surface area (TPSA) is 92.2 Å².